The van der Waals surface area contributed by atoms with Crippen molar-refractivity contribution in [3.8, 4) is 0 Å². The fourth-order valence-electron chi connectivity index (χ4n) is 3.65. The largest absolute Gasteiger partial charge is 0.384 e. The smallest absolute Gasteiger partial charge is 0.320 e. The van der Waals surface area contributed by atoms with Gasteiger partial charge < -0.3 is 19.3 Å². The summed E-state index contributed by atoms with van der Waals surface area (Å²) < 4.78 is 10.7. The summed E-state index contributed by atoms with van der Waals surface area (Å²) in [5.74, 6) is 0.514. The fourth-order valence-corrected chi connectivity index (χ4v) is 3.65. The molecular formula is C14H24N2O3. The number of nitrogens with zero attached hydrogens (tertiary/aromatic N) is 2. The van der Waals surface area contributed by atoms with Crippen molar-refractivity contribution in [2.45, 2.75) is 19.3 Å². The molecule has 3 heterocycles. The molecule has 2 atom stereocenters. The number of hydrogen-bond acceptors (Lipinski definition) is 3. The van der Waals surface area contributed by atoms with Gasteiger partial charge in [-0.3, -0.25) is 0 Å². The Labute approximate surface area is 114 Å². The maximum atomic E-state index is 12.5. The van der Waals surface area contributed by atoms with Gasteiger partial charge in [-0.05, 0) is 19.3 Å². The van der Waals surface area contributed by atoms with Gasteiger partial charge in [0.1, 0.15) is 0 Å². The number of methoxy groups -OCH3 is 1. The zero-order chi connectivity index (χ0) is 13.3. The molecular weight excluding hydrogens is 244 g/mol. The number of hydrogen-bond donors (Lipinski definition) is 0. The Hall–Kier alpha value is -0.810. The Morgan fingerprint density at radius 1 is 1.37 bits per heavy atom. The highest BCUT2D eigenvalue weighted by molar-refractivity contribution is 5.75. The molecule has 0 aromatic carbocycles. The van der Waals surface area contributed by atoms with E-state index in [4.69, 9.17) is 9.47 Å². The van der Waals surface area contributed by atoms with E-state index >= 15 is 0 Å². The Morgan fingerprint density at radius 3 is 3.00 bits per heavy atom. The van der Waals surface area contributed by atoms with Gasteiger partial charge in [0.25, 0.3) is 0 Å². The molecule has 0 saturated carbocycles. The van der Waals surface area contributed by atoms with Crippen molar-refractivity contribution >= 4 is 6.03 Å². The standard InChI is InChI=1S/C14H24N2O3/c1-18-9-12-2-5-15(8-12)13(17)16-6-3-14(10-16)4-7-19-11-14/h12H,2-11H2,1H3. The van der Waals surface area contributed by atoms with E-state index in [-0.39, 0.29) is 11.4 Å². The molecule has 2 unspecified atom stereocenters. The Kier molecular flexibility index (Phi) is 3.67. The topological polar surface area (TPSA) is 42.0 Å². The van der Waals surface area contributed by atoms with Crippen molar-refractivity contribution in [3.05, 3.63) is 0 Å². The predicted molar refractivity (Wildman–Crippen MR) is 71.0 cm³/mol. The highest BCUT2D eigenvalue weighted by Crippen LogP contribution is 2.38. The summed E-state index contributed by atoms with van der Waals surface area (Å²) in [6, 6.07) is 0.224. The van der Waals surface area contributed by atoms with Crippen molar-refractivity contribution in [3.63, 3.8) is 0 Å². The summed E-state index contributed by atoms with van der Waals surface area (Å²) >= 11 is 0. The minimum atomic E-state index is 0.224. The average molecular weight is 268 g/mol. The fraction of sp³-hybridized carbons (Fsp3) is 0.929. The second kappa shape index (κ2) is 5.29. The molecule has 5 nitrogen and oxygen atoms in total. The molecule has 3 aliphatic heterocycles. The van der Waals surface area contributed by atoms with Crippen molar-refractivity contribution in [1.82, 2.24) is 9.80 Å². The van der Waals surface area contributed by atoms with Crippen LogP contribution < -0.4 is 0 Å². The van der Waals surface area contributed by atoms with Crippen LogP contribution in [0.1, 0.15) is 19.3 Å². The lowest BCUT2D eigenvalue weighted by molar-refractivity contribution is 0.138. The van der Waals surface area contributed by atoms with Gasteiger partial charge in [-0.15, -0.1) is 0 Å². The predicted octanol–water partition coefficient (Wildman–Crippen LogP) is 1.19. The van der Waals surface area contributed by atoms with E-state index in [9.17, 15) is 4.79 Å². The molecule has 3 rings (SSSR count). The molecule has 2 amide bonds. The zero-order valence-electron chi connectivity index (χ0n) is 11.8. The van der Waals surface area contributed by atoms with Gasteiger partial charge in [0.15, 0.2) is 0 Å². The van der Waals surface area contributed by atoms with Crippen molar-refractivity contribution < 1.29 is 14.3 Å². The van der Waals surface area contributed by atoms with Gasteiger partial charge in [0, 0.05) is 51.2 Å². The minimum Gasteiger partial charge on any atom is -0.384 e. The van der Waals surface area contributed by atoms with E-state index < -0.39 is 0 Å². The number of carbonyl (C=O) groups excluding carboxylic acids is 1. The zero-order valence-corrected chi connectivity index (χ0v) is 11.8. The van der Waals surface area contributed by atoms with Crippen LogP contribution in [0.4, 0.5) is 4.79 Å². The summed E-state index contributed by atoms with van der Waals surface area (Å²) in [6.07, 6.45) is 3.29. The minimum absolute atomic E-state index is 0.224. The van der Waals surface area contributed by atoms with Crippen molar-refractivity contribution in [2.24, 2.45) is 11.3 Å². The third-order valence-corrected chi connectivity index (χ3v) is 4.85. The van der Waals surface area contributed by atoms with Crippen LogP contribution in [-0.4, -0.2) is 68.9 Å². The van der Waals surface area contributed by atoms with E-state index in [0.29, 0.717) is 5.92 Å². The SMILES string of the molecule is COCC1CCN(C(=O)N2CCC3(CCOC3)C2)C1. The molecule has 0 radical (unpaired) electrons. The molecule has 0 aliphatic carbocycles. The lowest BCUT2D eigenvalue weighted by Crippen LogP contribution is -2.42. The van der Waals surface area contributed by atoms with Gasteiger partial charge in [0.05, 0.1) is 13.2 Å². The molecule has 3 fully saturated rings. The summed E-state index contributed by atoms with van der Waals surface area (Å²) in [6.45, 7) is 5.98. The second-order valence-corrected chi connectivity index (χ2v) is 6.31. The summed E-state index contributed by atoms with van der Waals surface area (Å²) in [7, 11) is 1.73. The lowest BCUT2D eigenvalue weighted by Gasteiger charge is -2.26. The van der Waals surface area contributed by atoms with Crippen LogP contribution in [0.5, 0.6) is 0 Å². The quantitative estimate of drug-likeness (QED) is 0.755. The molecule has 5 heteroatoms. The van der Waals surface area contributed by atoms with Crippen LogP contribution in [-0.2, 0) is 9.47 Å². The Morgan fingerprint density at radius 2 is 2.26 bits per heavy atom. The molecule has 108 valence electrons. The summed E-state index contributed by atoms with van der Waals surface area (Å²) in [4.78, 5) is 16.5. The van der Waals surface area contributed by atoms with Gasteiger partial charge in [-0.1, -0.05) is 0 Å². The number of carbonyl (C=O) groups is 1. The molecule has 0 aromatic rings. The molecule has 3 aliphatic rings. The molecule has 0 aromatic heterocycles. The first-order valence-corrected chi connectivity index (χ1v) is 7.33. The molecule has 3 saturated heterocycles. The molecule has 1 spiro atoms. The van der Waals surface area contributed by atoms with E-state index in [1.54, 1.807) is 7.11 Å². The number of urea groups is 1. The van der Waals surface area contributed by atoms with Gasteiger partial charge in [0.2, 0.25) is 0 Å². The summed E-state index contributed by atoms with van der Waals surface area (Å²) in [5.41, 5.74) is 0.265. The highest BCUT2D eigenvalue weighted by atomic mass is 16.5. The molecule has 0 N–H and O–H groups in total. The van der Waals surface area contributed by atoms with Crippen LogP contribution in [0.2, 0.25) is 0 Å². The third kappa shape index (κ3) is 2.58. The Bertz CT molecular complexity index is 342. The van der Waals surface area contributed by atoms with Gasteiger partial charge >= 0.3 is 6.03 Å². The van der Waals surface area contributed by atoms with Crippen LogP contribution >= 0.6 is 0 Å². The van der Waals surface area contributed by atoms with Crippen molar-refractivity contribution in [1.29, 1.82) is 0 Å². The maximum absolute atomic E-state index is 12.5. The van der Waals surface area contributed by atoms with Crippen LogP contribution in [0.25, 0.3) is 0 Å². The van der Waals surface area contributed by atoms with Gasteiger partial charge in [-0.2, -0.15) is 0 Å². The van der Waals surface area contributed by atoms with E-state index in [0.717, 1.165) is 65.3 Å². The number of likely N-dealkylation sites (tertiary alicyclic amines) is 2. The maximum Gasteiger partial charge on any atom is 0.320 e. The highest BCUT2D eigenvalue weighted by Gasteiger charge is 2.44. The van der Waals surface area contributed by atoms with Crippen LogP contribution in [0.3, 0.4) is 0 Å². The number of ether oxygens (including phenoxy) is 2. The summed E-state index contributed by atoms with van der Waals surface area (Å²) in [5, 5.41) is 0. The Balaban J connectivity index is 1.54. The first-order valence-electron chi connectivity index (χ1n) is 7.33. The average Bonchev–Trinajstić information content (AvgIpc) is 3.13. The first kappa shape index (κ1) is 13.2. The van der Waals surface area contributed by atoms with Gasteiger partial charge in [-0.25, -0.2) is 4.79 Å². The number of amides is 2. The first-order chi connectivity index (χ1) is 9.22. The monoisotopic (exact) mass is 268 g/mol. The van der Waals surface area contributed by atoms with Crippen LogP contribution in [0.15, 0.2) is 0 Å². The second-order valence-electron chi connectivity index (χ2n) is 6.31. The van der Waals surface area contributed by atoms with E-state index in [1.807, 2.05) is 9.80 Å². The molecule has 19 heavy (non-hydrogen) atoms. The molecule has 0 bridgehead atoms. The van der Waals surface area contributed by atoms with Crippen LogP contribution in [0, 0.1) is 11.3 Å². The lowest BCUT2D eigenvalue weighted by atomic mass is 9.87. The van der Waals surface area contributed by atoms with E-state index in [2.05, 4.69) is 0 Å². The normalized spacial score (nSPS) is 34.7. The number of rotatable bonds is 2. The third-order valence-electron chi connectivity index (χ3n) is 4.85. The van der Waals surface area contributed by atoms with E-state index in [1.165, 1.54) is 0 Å². The van der Waals surface area contributed by atoms with Crippen molar-refractivity contribution in [2.75, 3.05) is 53.1 Å².